The van der Waals surface area contributed by atoms with Crippen molar-refractivity contribution in [2.75, 3.05) is 13.2 Å². The summed E-state index contributed by atoms with van der Waals surface area (Å²) in [5.74, 6) is 0.426. The second kappa shape index (κ2) is 7.19. The second-order valence-corrected chi connectivity index (χ2v) is 9.43. The number of fused-ring (bicyclic) bond motifs is 1. The highest BCUT2D eigenvalue weighted by molar-refractivity contribution is 9.11. The predicted octanol–water partition coefficient (Wildman–Crippen LogP) is 3.19. The van der Waals surface area contributed by atoms with Crippen LogP contribution in [0.1, 0.15) is 12.5 Å². The third-order valence-corrected chi connectivity index (χ3v) is 6.79. The Morgan fingerprint density at radius 3 is 2.84 bits per heavy atom. The molecule has 25 heavy (non-hydrogen) atoms. The second-order valence-electron chi connectivity index (χ2n) is 5.06. The van der Waals surface area contributed by atoms with Crippen molar-refractivity contribution in [3.05, 3.63) is 45.3 Å². The predicted molar refractivity (Wildman–Crippen MR) is 98.4 cm³/mol. The first-order chi connectivity index (χ1) is 11.9. The van der Waals surface area contributed by atoms with E-state index in [2.05, 4.69) is 20.7 Å². The number of carbonyl (C=O) groups excluding carboxylic acids is 1. The highest BCUT2D eigenvalue weighted by Gasteiger charge is 2.25. The SMILES string of the molecule is CCOc1cccc2c1OCC(C(=O)NS(=O)(=O)c1ccc(Br)s1)=C2. The molecule has 0 radical (unpaired) electrons. The highest BCUT2D eigenvalue weighted by atomic mass is 79.9. The molecule has 9 heteroatoms. The van der Waals surface area contributed by atoms with Crippen LogP contribution in [0, 0.1) is 0 Å². The summed E-state index contributed by atoms with van der Waals surface area (Å²) in [7, 11) is -3.91. The standard InChI is InChI=1S/C16H14BrNO5S2/c1-2-22-12-5-3-4-10-8-11(9-23-15(10)12)16(19)18-25(20,21)14-7-6-13(17)24-14/h3-8H,2,9H2,1H3,(H,18,19). The minimum Gasteiger partial charge on any atom is -0.490 e. The van der Waals surface area contributed by atoms with Crippen molar-refractivity contribution in [1.29, 1.82) is 0 Å². The Morgan fingerprint density at radius 2 is 2.16 bits per heavy atom. The number of thiophene rings is 1. The smallest absolute Gasteiger partial charge is 0.273 e. The van der Waals surface area contributed by atoms with Crippen molar-refractivity contribution in [2.45, 2.75) is 11.1 Å². The zero-order valence-electron chi connectivity index (χ0n) is 13.1. The molecule has 2 aromatic rings. The van der Waals surface area contributed by atoms with Crippen LogP contribution in [-0.2, 0) is 14.8 Å². The van der Waals surface area contributed by atoms with E-state index in [1.54, 1.807) is 30.3 Å². The van der Waals surface area contributed by atoms with E-state index in [4.69, 9.17) is 9.47 Å². The Labute approximate surface area is 157 Å². The molecular weight excluding hydrogens is 430 g/mol. The van der Waals surface area contributed by atoms with E-state index < -0.39 is 15.9 Å². The summed E-state index contributed by atoms with van der Waals surface area (Å²) < 4.78 is 38.4. The van der Waals surface area contributed by atoms with Crippen molar-refractivity contribution >= 4 is 49.3 Å². The van der Waals surface area contributed by atoms with E-state index in [0.29, 0.717) is 27.5 Å². The lowest BCUT2D eigenvalue weighted by Gasteiger charge is -2.20. The van der Waals surface area contributed by atoms with E-state index >= 15 is 0 Å². The molecule has 0 atom stereocenters. The summed E-state index contributed by atoms with van der Waals surface area (Å²) in [6.07, 6.45) is 1.61. The van der Waals surface area contributed by atoms with Crippen LogP contribution in [-0.4, -0.2) is 27.5 Å². The number of ether oxygens (including phenoxy) is 2. The molecule has 1 aromatic heterocycles. The lowest BCUT2D eigenvalue weighted by Crippen LogP contribution is -2.33. The lowest BCUT2D eigenvalue weighted by atomic mass is 10.1. The summed E-state index contributed by atoms with van der Waals surface area (Å²) in [4.78, 5) is 12.3. The van der Waals surface area contributed by atoms with Crippen molar-refractivity contribution in [3.63, 3.8) is 0 Å². The molecule has 0 unspecified atom stereocenters. The average molecular weight is 444 g/mol. The topological polar surface area (TPSA) is 81.7 Å². The Kier molecular flexibility index (Phi) is 5.16. The van der Waals surface area contributed by atoms with Crippen LogP contribution in [0.4, 0.5) is 0 Å². The van der Waals surface area contributed by atoms with Crippen LogP contribution >= 0.6 is 27.3 Å². The third kappa shape index (κ3) is 3.88. The molecule has 3 rings (SSSR count). The molecule has 6 nitrogen and oxygen atoms in total. The number of hydrogen-bond donors (Lipinski definition) is 1. The number of halogens is 1. The molecular formula is C16H14BrNO5S2. The van der Waals surface area contributed by atoms with Gasteiger partial charge in [0.15, 0.2) is 11.5 Å². The molecule has 1 aliphatic heterocycles. The Hall–Kier alpha value is -1.84. The summed E-state index contributed by atoms with van der Waals surface area (Å²) in [6, 6.07) is 8.37. The molecule has 1 aliphatic rings. The molecule has 0 saturated heterocycles. The Balaban J connectivity index is 1.83. The first-order valence-electron chi connectivity index (χ1n) is 7.32. The van der Waals surface area contributed by atoms with Crippen molar-refractivity contribution in [1.82, 2.24) is 4.72 Å². The first kappa shape index (κ1) is 18.0. The van der Waals surface area contributed by atoms with Gasteiger partial charge in [-0.1, -0.05) is 12.1 Å². The number of nitrogens with one attached hydrogen (secondary N) is 1. The van der Waals surface area contributed by atoms with Gasteiger partial charge in [-0.15, -0.1) is 11.3 Å². The summed E-state index contributed by atoms with van der Waals surface area (Å²) in [6.45, 7) is 2.32. The third-order valence-electron chi connectivity index (χ3n) is 3.34. The van der Waals surface area contributed by atoms with E-state index in [0.717, 1.165) is 11.3 Å². The lowest BCUT2D eigenvalue weighted by molar-refractivity contribution is -0.116. The summed E-state index contributed by atoms with van der Waals surface area (Å²) >= 11 is 4.23. The molecule has 2 heterocycles. The zero-order chi connectivity index (χ0) is 18.0. The maximum atomic E-state index is 12.3. The van der Waals surface area contributed by atoms with Gasteiger partial charge in [0, 0.05) is 5.56 Å². The van der Waals surface area contributed by atoms with Gasteiger partial charge in [-0.05, 0) is 47.1 Å². The molecule has 0 aliphatic carbocycles. The van der Waals surface area contributed by atoms with E-state index in [1.807, 2.05) is 6.92 Å². The molecule has 132 valence electrons. The zero-order valence-corrected chi connectivity index (χ0v) is 16.3. The quantitative estimate of drug-likeness (QED) is 0.766. The molecule has 1 aromatic carbocycles. The van der Waals surface area contributed by atoms with Crippen molar-refractivity contribution in [3.8, 4) is 11.5 Å². The maximum absolute atomic E-state index is 12.3. The van der Waals surface area contributed by atoms with Crippen LogP contribution in [0.2, 0.25) is 0 Å². The number of carbonyl (C=O) groups is 1. The Bertz CT molecular complexity index is 949. The Morgan fingerprint density at radius 1 is 1.36 bits per heavy atom. The molecule has 0 saturated carbocycles. The minimum atomic E-state index is -3.91. The van der Waals surface area contributed by atoms with Gasteiger partial charge in [-0.25, -0.2) is 13.1 Å². The van der Waals surface area contributed by atoms with Gasteiger partial charge in [0.1, 0.15) is 10.8 Å². The van der Waals surface area contributed by atoms with Gasteiger partial charge in [0.2, 0.25) is 0 Å². The number of amides is 1. The van der Waals surface area contributed by atoms with Gasteiger partial charge in [-0.3, -0.25) is 4.79 Å². The van der Waals surface area contributed by atoms with Crippen LogP contribution in [0.5, 0.6) is 11.5 Å². The minimum absolute atomic E-state index is 0.0351. The van der Waals surface area contributed by atoms with E-state index in [1.165, 1.54) is 6.07 Å². The van der Waals surface area contributed by atoms with Gasteiger partial charge < -0.3 is 9.47 Å². The normalized spacial score (nSPS) is 13.4. The van der Waals surface area contributed by atoms with E-state index in [9.17, 15) is 13.2 Å². The molecule has 1 N–H and O–H groups in total. The molecule has 1 amide bonds. The molecule has 0 spiro atoms. The van der Waals surface area contributed by atoms with Crippen LogP contribution < -0.4 is 14.2 Å². The number of rotatable bonds is 5. The van der Waals surface area contributed by atoms with Gasteiger partial charge in [0.25, 0.3) is 15.9 Å². The van der Waals surface area contributed by atoms with E-state index in [-0.39, 0.29) is 16.4 Å². The first-order valence-corrected chi connectivity index (χ1v) is 10.4. The van der Waals surface area contributed by atoms with Gasteiger partial charge in [0.05, 0.1) is 16.0 Å². The summed E-state index contributed by atoms with van der Waals surface area (Å²) in [5, 5.41) is 0. The van der Waals surface area contributed by atoms with Crippen LogP contribution in [0.25, 0.3) is 6.08 Å². The number of hydrogen-bond acceptors (Lipinski definition) is 6. The molecule has 0 bridgehead atoms. The monoisotopic (exact) mass is 443 g/mol. The fourth-order valence-electron chi connectivity index (χ4n) is 2.26. The average Bonchev–Trinajstić information content (AvgIpc) is 3.02. The maximum Gasteiger partial charge on any atom is 0.273 e. The largest absolute Gasteiger partial charge is 0.490 e. The van der Waals surface area contributed by atoms with Gasteiger partial charge >= 0.3 is 0 Å². The number of benzene rings is 1. The highest BCUT2D eigenvalue weighted by Crippen LogP contribution is 2.36. The van der Waals surface area contributed by atoms with Crippen LogP contribution in [0.3, 0.4) is 0 Å². The molecule has 0 fully saturated rings. The number of para-hydroxylation sites is 1. The summed E-state index contributed by atoms with van der Waals surface area (Å²) in [5.41, 5.74) is 0.888. The van der Waals surface area contributed by atoms with Crippen molar-refractivity contribution < 1.29 is 22.7 Å². The van der Waals surface area contributed by atoms with Gasteiger partial charge in [-0.2, -0.15) is 0 Å². The van der Waals surface area contributed by atoms with Crippen LogP contribution in [0.15, 0.2) is 43.9 Å². The van der Waals surface area contributed by atoms with Crippen molar-refractivity contribution in [2.24, 2.45) is 0 Å². The number of sulfonamides is 1. The fraction of sp³-hybridized carbons (Fsp3) is 0.188. The fourth-order valence-corrected chi connectivity index (χ4v) is 5.26.